The maximum Gasteiger partial charge on any atom is 0.411 e. The Balaban J connectivity index is 2.13. The average Bonchev–Trinajstić information content (AvgIpc) is 2.29. The number of amides is 1. The van der Waals surface area contributed by atoms with Gasteiger partial charge in [0.1, 0.15) is 0 Å². The second kappa shape index (κ2) is 5.08. The number of rotatable bonds is 2. The van der Waals surface area contributed by atoms with E-state index in [9.17, 15) is 4.79 Å². The Morgan fingerprint density at radius 1 is 1.53 bits per heavy atom. The predicted molar refractivity (Wildman–Crippen MR) is 68.7 cm³/mol. The van der Waals surface area contributed by atoms with Gasteiger partial charge in [0, 0.05) is 25.0 Å². The molecule has 1 heterocycles. The van der Waals surface area contributed by atoms with E-state index in [-0.39, 0.29) is 0 Å². The lowest BCUT2D eigenvalue weighted by molar-refractivity contribution is 0.168. The van der Waals surface area contributed by atoms with Gasteiger partial charge >= 0.3 is 6.09 Å². The summed E-state index contributed by atoms with van der Waals surface area (Å²) in [5.74, 6) is 0. The molecule has 0 spiro atoms. The molecule has 0 bridgehead atoms. The molecule has 0 saturated carbocycles. The molecule has 0 atom stereocenters. The van der Waals surface area contributed by atoms with E-state index in [1.54, 1.807) is 6.92 Å². The Kier molecular flexibility index (Phi) is 3.52. The van der Waals surface area contributed by atoms with Gasteiger partial charge in [-0.1, -0.05) is 0 Å². The highest BCUT2D eigenvalue weighted by molar-refractivity contribution is 5.85. The fourth-order valence-corrected chi connectivity index (χ4v) is 2.15. The largest absolute Gasteiger partial charge is 0.450 e. The number of nitrogens with one attached hydrogen (secondary N) is 1. The van der Waals surface area contributed by atoms with Crippen molar-refractivity contribution in [1.82, 2.24) is 0 Å². The molecule has 1 N–H and O–H groups in total. The van der Waals surface area contributed by atoms with E-state index in [2.05, 4.69) is 23.3 Å². The van der Waals surface area contributed by atoms with Crippen molar-refractivity contribution in [1.29, 1.82) is 0 Å². The van der Waals surface area contributed by atoms with Crippen molar-refractivity contribution in [2.45, 2.75) is 19.8 Å². The highest BCUT2D eigenvalue weighted by Crippen LogP contribution is 2.28. The number of anilines is 2. The van der Waals surface area contributed by atoms with E-state index < -0.39 is 6.09 Å². The summed E-state index contributed by atoms with van der Waals surface area (Å²) in [7, 11) is 2.09. The lowest BCUT2D eigenvalue weighted by atomic mass is 10.0. The Labute approximate surface area is 102 Å². The molecule has 1 aliphatic heterocycles. The van der Waals surface area contributed by atoms with Gasteiger partial charge < -0.3 is 9.64 Å². The summed E-state index contributed by atoms with van der Waals surface area (Å²) < 4.78 is 4.85. The van der Waals surface area contributed by atoms with E-state index in [1.807, 2.05) is 12.1 Å². The lowest BCUT2D eigenvalue weighted by Crippen LogP contribution is -2.24. The minimum Gasteiger partial charge on any atom is -0.450 e. The fourth-order valence-electron chi connectivity index (χ4n) is 2.15. The van der Waals surface area contributed by atoms with Crippen LogP contribution in [0, 0.1) is 0 Å². The molecule has 92 valence electrons. The van der Waals surface area contributed by atoms with Crippen LogP contribution in [0.4, 0.5) is 16.2 Å². The van der Waals surface area contributed by atoms with Crippen LogP contribution in [-0.4, -0.2) is 26.3 Å². The smallest absolute Gasteiger partial charge is 0.411 e. The Bertz CT molecular complexity index is 418. The lowest BCUT2D eigenvalue weighted by Gasteiger charge is -2.27. The predicted octanol–water partition coefficient (Wildman–Crippen LogP) is 2.64. The molecule has 4 nitrogen and oxygen atoms in total. The second-order valence-corrected chi connectivity index (χ2v) is 4.21. The molecular formula is C13H18N2O2. The van der Waals surface area contributed by atoms with Gasteiger partial charge in [-0.2, -0.15) is 0 Å². The standard InChI is InChI=1S/C13H18N2O2/c1-3-17-13(16)14-11-6-7-12-10(9-11)5-4-8-15(12)2/h6-7,9H,3-5,8H2,1-2H3,(H,14,16). The molecule has 0 fully saturated rings. The van der Waals surface area contributed by atoms with Crippen molar-refractivity contribution in [2.24, 2.45) is 0 Å². The zero-order chi connectivity index (χ0) is 12.3. The molecule has 1 aliphatic rings. The average molecular weight is 234 g/mol. The molecule has 0 saturated heterocycles. The van der Waals surface area contributed by atoms with Crippen molar-refractivity contribution in [3.05, 3.63) is 23.8 Å². The third-order valence-corrected chi connectivity index (χ3v) is 2.95. The summed E-state index contributed by atoms with van der Waals surface area (Å²) in [5, 5.41) is 2.73. The van der Waals surface area contributed by atoms with E-state index in [4.69, 9.17) is 4.74 Å². The third kappa shape index (κ3) is 2.70. The first-order valence-corrected chi connectivity index (χ1v) is 5.98. The first-order chi connectivity index (χ1) is 8.20. The van der Waals surface area contributed by atoms with E-state index in [1.165, 1.54) is 11.3 Å². The SMILES string of the molecule is CCOC(=O)Nc1ccc2c(c1)CCCN2C. The van der Waals surface area contributed by atoms with E-state index in [0.717, 1.165) is 25.1 Å². The van der Waals surface area contributed by atoms with Gasteiger partial charge in [0.05, 0.1) is 6.61 Å². The fraction of sp³-hybridized carbons (Fsp3) is 0.462. The number of fused-ring (bicyclic) bond motifs is 1. The zero-order valence-corrected chi connectivity index (χ0v) is 10.3. The number of carbonyl (C=O) groups excluding carboxylic acids is 1. The normalized spacial score (nSPS) is 14.1. The van der Waals surface area contributed by atoms with Crippen LogP contribution in [-0.2, 0) is 11.2 Å². The molecule has 0 radical (unpaired) electrons. The van der Waals surface area contributed by atoms with Crippen LogP contribution in [0.3, 0.4) is 0 Å². The van der Waals surface area contributed by atoms with Crippen molar-refractivity contribution >= 4 is 17.5 Å². The topological polar surface area (TPSA) is 41.6 Å². The highest BCUT2D eigenvalue weighted by Gasteiger charge is 2.14. The van der Waals surface area contributed by atoms with Crippen LogP contribution in [0.2, 0.25) is 0 Å². The third-order valence-electron chi connectivity index (χ3n) is 2.95. The van der Waals surface area contributed by atoms with Crippen molar-refractivity contribution in [3.8, 4) is 0 Å². The van der Waals surface area contributed by atoms with Crippen molar-refractivity contribution in [3.63, 3.8) is 0 Å². The molecule has 0 unspecified atom stereocenters. The van der Waals surface area contributed by atoms with Crippen LogP contribution in [0.1, 0.15) is 18.9 Å². The maximum atomic E-state index is 11.3. The van der Waals surface area contributed by atoms with Gasteiger partial charge in [-0.05, 0) is 43.5 Å². The summed E-state index contributed by atoms with van der Waals surface area (Å²) in [5.41, 5.74) is 3.34. The van der Waals surface area contributed by atoms with Crippen molar-refractivity contribution in [2.75, 3.05) is 30.4 Å². The van der Waals surface area contributed by atoms with Gasteiger partial charge in [0.15, 0.2) is 0 Å². The van der Waals surface area contributed by atoms with Crippen LogP contribution in [0.15, 0.2) is 18.2 Å². The second-order valence-electron chi connectivity index (χ2n) is 4.21. The van der Waals surface area contributed by atoms with Crippen molar-refractivity contribution < 1.29 is 9.53 Å². The van der Waals surface area contributed by atoms with Gasteiger partial charge in [-0.15, -0.1) is 0 Å². The minimum absolute atomic E-state index is 0.388. The quantitative estimate of drug-likeness (QED) is 0.855. The molecular weight excluding hydrogens is 216 g/mol. The Hall–Kier alpha value is -1.71. The summed E-state index contributed by atoms with van der Waals surface area (Å²) in [6.45, 7) is 3.28. The molecule has 4 heteroatoms. The summed E-state index contributed by atoms with van der Waals surface area (Å²) in [6, 6.07) is 6.00. The van der Waals surface area contributed by atoms with Crippen LogP contribution in [0.5, 0.6) is 0 Å². The number of aryl methyl sites for hydroxylation is 1. The first kappa shape index (κ1) is 11.8. The number of hydrogen-bond donors (Lipinski definition) is 1. The molecule has 2 rings (SSSR count). The number of carbonyl (C=O) groups is 1. The first-order valence-electron chi connectivity index (χ1n) is 5.98. The number of nitrogens with zero attached hydrogens (tertiary/aromatic N) is 1. The summed E-state index contributed by atoms with van der Waals surface area (Å²) in [4.78, 5) is 13.5. The zero-order valence-electron chi connectivity index (χ0n) is 10.3. The minimum atomic E-state index is -0.392. The maximum absolute atomic E-state index is 11.3. The molecule has 1 aromatic carbocycles. The van der Waals surface area contributed by atoms with Crippen LogP contribution >= 0.6 is 0 Å². The molecule has 0 aliphatic carbocycles. The van der Waals surface area contributed by atoms with E-state index >= 15 is 0 Å². The molecule has 17 heavy (non-hydrogen) atoms. The highest BCUT2D eigenvalue weighted by atomic mass is 16.5. The number of benzene rings is 1. The van der Waals surface area contributed by atoms with Gasteiger partial charge in [-0.3, -0.25) is 5.32 Å². The summed E-state index contributed by atoms with van der Waals surface area (Å²) in [6.07, 6.45) is 1.83. The summed E-state index contributed by atoms with van der Waals surface area (Å²) >= 11 is 0. The molecule has 1 aromatic rings. The Morgan fingerprint density at radius 2 is 2.35 bits per heavy atom. The van der Waals surface area contributed by atoms with Gasteiger partial charge in [0.25, 0.3) is 0 Å². The van der Waals surface area contributed by atoms with Crippen LogP contribution < -0.4 is 10.2 Å². The van der Waals surface area contributed by atoms with Gasteiger partial charge in [0.2, 0.25) is 0 Å². The van der Waals surface area contributed by atoms with E-state index in [0.29, 0.717) is 6.61 Å². The van der Waals surface area contributed by atoms with Crippen LogP contribution in [0.25, 0.3) is 0 Å². The number of ether oxygens (including phenoxy) is 1. The number of hydrogen-bond acceptors (Lipinski definition) is 3. The van der Waals surface area contributed by atoms with Gasteiger partial charge in [-0.25, -0.2) is 4.79 Å². The monoisotopic (exact) mass is 234 g/mol. The Morgan fingerprint density at radius 3 is 3.12 bits per heavy atom. The molecule has 1 amide bonds. The molecule has 0 aromatic heterocycles.